The second kappa shape index (κ2) is 5.46. The Morgan fingerprint density at radius 3 is 2.61 bits per heavy atom. The van der Waals surface area contributed by atoms with Crippen LogP contribution in [-0.2, 0) is 6.42 Å². The highest BCUT2D eigenvalue weighted by molar-refractivity contribution is 6.30. The maximum absolute atomic E-state index is 13.0. The molecule has 0 saturated heterocycles. The molecule has 0 atom stereocenters. The molecule has 1 aromatic carbocycles. The molecule has 2 rings (SSSR count). The van der Waals surface area contributed by atoms with Crippen molar-refractivity contribution in [2.45, 2.75) is 6.42 Å². The Hall–Kier alpha value is -1.45. The molecule has 0 aliphatic heterocycles. The summed E-state index contributed by atoms with van der Waals surface area (Å²) in [5.41, 5.74) is 1.11. The molecular weight excluding hydrogens is 276 g/mol. The van der Waals surface area contributed by atoms with Gasteiger partial charge in [-0.2, -0.15) is 0 Å². The van der Waals surface area contributed by atoms with E-state index in [2.05, 4.69) is 4.98 Å². The van der Waals surface area contributed by atoms with Crippen LogP contribution in [0.4, 0.5) is 4.39 Å². The number of nitrogens with zero attached hydrogens (tertiary/aromatic N) is 1. The summed E-state index contributed by atoms with van der Waals surface area (Å²) in [5.74, 6) is -0.622. The molecule has 18 heavy (non-hydrogen) atoms. The van der Waals surface area contributed by atoms with E-state index in [1.807, 2.05) is 0 Å². The fourth-order valence-corrected chi connectivity index (χ4v) is 1.79. The van der Waals surface area contributed by atoms with Crippen LogP contribution in [0.25, 0.3) is 0 Å². The van der Waals surface area contributed by atoms with Gasteiger partial charge in [-0.15, -0.1) is 0 Å². The van der Waals surface area contributed by atoms with Crippen molar-refractivity contribution in [1.29, 1.82) is 0 Å². The van der Waals surface area contributed by atoms with Gasteiger partial charge in [-0.25, -0.2) is 9.37 Å². The molecule has 0 saturated carbocycles. The molecule has 2 aromatic rings. The lowest BCUT2D eigenvalue weighted by atomic mass is 10.0. The normalized spacial score (nSPS) is 10.4. The Labute approximate surface area is 113 Å². The van der Waals surface area contributed by atoms with Gasteiger partial charge in [0.1, 0.15) is 11.0 Å². The van der Waals surface area contributed by atoms with Crippen molar-refractivity contribution in [2.75, 3.05) is 0 Å². The first-order chi connectivity index (χ1) is 8.56. The Balaban J connectivity index is 2.16. The largest absolute Gasteiger partial charge is 0.294 e. The van der Waals surface area contributed by atoms with Crippen molar-refractivity contribution in [3.63, 3.8) is 0 Å². The summed E-state index contributed by atoms with van der Waals surface area (Å²) in [6.45, 7) is 0. The van der Waals surface area contributed by atoms with Gasteiger partial charge in [0.25, 0.3) is 0 Å². The van der Waals surface area contributed by atoms with Gasteiger partial charge in [0.05, 0.1) is 5.02 Å². The molecule has 0 unspecified atom stereocenters. The number of halogens is 3. The smallest absolute Gasteiger partial charge is 0.168 e. The number of carbonyl (C=O) groups is 1. The summed E-state index contributed by atoms with van der Waals surface area (Å²) >= 11 is 11.3. The van der Waals surface area contributed by atoms with Crippen LogP contribution in [0.2, 0.25) is 10.2 Å². The van der Waals surface area contributed by atoms with Gasteiger partial charge in [0, 0.05) is 18.2 Å². The number of rotatable bonds is 3. The lowest BCUT2D eigenvalue weighted by Crippen LogP contribution is -2.04. The van der Waals surface area contributed by atoms with Gasteiger partial charge in [-0.05, 0) is 29.8 Å². The van der Waals surface area contributed by atoms with Crippen LogP contribution >= 0.6 is 23.2 Å². The highest BCUT2D eigenvalue weighted by atomic mass is 35.5. The number of benzene rings is 1. The van der Waals surface area contributed by atoms with Gasteiger partial charge in [0.15, 0.2) is 5.78 Å². The first-order valence-corrected chi connectivity index (χ1v) is 5.90. The first kappa shape index (κ1) is 13.0. The molecule has 0 amide bonds. The number of hydrogen-bond donors (Lipinski definition) is 0. The molecule has 0 fully saturated rings. The van der Waals surface area contributed by atoms with Crippen LogP contribution in [0.1, 0.15) is 15.9 Å². The molecule has 0 bridgehead atoms. The molecule has 5 heteroatoms. The third-order valence-electron chi connectivity index (χ3n) is 2.40. The molecule has 0 aliphatic rings. The lowest BCUT2D eigenvalue weighted by Gasteiger charge is -2.02. The summed E-state index contributed by atoms with van der Waals surface area (Å²) in [5, 5.41) is 0.339. The fraction of sp³-hybridized carbons (Fsp3) is 0.0769. The second-order valence-electron chi connectivity index (χ2n) is 3.72. The molecule has 0 spiro atoms. The quantitative estimate of drug-likeness (QED) is 0.631. The minimum absolute atomic E-state index is 0.00883. The van der Waals surface area contributed by atoms with Gasteiger partial charge in [-0.3, -0.25) is 4.79 Å². The fourth-order valence-electron chi connectivity index (χ4n) is 1.48. The van der Waals surface area contributed by atoms with E-state index in [4.69, 9.17) is 23.2 Å². The van der Waals surface area contributed by atoms with E-state index >= 15 is 0 Å². The maximum atomic E-state index is 13.0. The monoisotopic (exact) mass is 283 g/mol. The zero-order chi connectivity index (χ0) is 13.1. The van der Waals surface area contributed by atoms with E-state index in [9.17, 15) is 9.18 Å². The van der Waals surface area contributed by atoms with Crippen molar-refractivity contribution in [1.82, 2.24) is 4.98 Å². The van der Waals surface area contributed by atoms with Crippen LogP contribution in [0, 0.1) is 5.82 Å². The van der Waals surface area contributed by atoms with Crippen LogP contribution in [0.3, 0.4) is 0 Å². The van der Waals surface area contributed by atoms with E-state index < -0.39 is 5.82 Å². The summed E-state index contributed by atoms with van der Waals surface area (Å²) in [6.07, 6.45) is 1.55. The van der Waals surface area contributed by atoms with Crippen LogP contribution < -0.4 is 0 Å². The molecule has 1 heterocycles. The van der Waals surface area contributed by atoms with Gasteiger partial charge >= 0.3 is 0 Å². The molecule has 0 N–H and O–H groups in total. The number of pyridine rings is 1. The minimum Gasteiger partial charge on any atom is -0.294 e. The standard InChI is InChI=1S/C13H8Cl2FNO/c14-10-5-8(1-3-11(10)16)6-12(18)9-2-4-13(15)17-7-9/h1-5,7H,6H2. The molecular formula is C13H8Cl2FNO. The molecule has 0 aliphatic carbocycles. The zero-order valence-electron chi connectivity index (χ0n) is 9.16. The van der Waals surface area contributed by atoms with Crippen molar-refractivity contribution < 1.29 is 9.18 Å². The number of carbonyl (C=O) groups excluding carboxylic acids is 1. The predicted molar refractivity (Wildman–Crippen MR) is 68.7 cm³/mol. The lowest BCUT2D eigenvalue weighted by molar-refractivity contribution is 0.0992. The van der Waals surface area contributed by atoms with Crippen molar-refractivity contribution in [3.05, 3.63) is 63.6 Å². The predicted octanol–water partition coefficient (Wildman–Crippen LogP) is 3.95. The summed E-state index contributed by atoms with van der Waals surface area (Å²) in [4.78, 5) is 15.7. The molecule has 92 valence electrons. The Bertz CT molecular complexity index is 584. The highest BCUT2D eigenvalue weighted by Crippen LogP contribution is 2.17. The Kier molecular flexibility index (Phi) is 3.94. The van der Waals surface area contributed by atoms with E-state index in [0.717, 1.165) is 0 Å². The highest BCUT2D eigenvalue weighted by Gasteiger charge is 2.09. The SMILES string of the molecule is O=C(Cc1ccc(F)c(Cl)c1)c1ccc(Cl)nc1. The number of Topliss-reactive ketones (excluding diaryl/α,β-unsaturated/α-hetero) is 1. The molecule has 0 radical (unpaired) electrons. The summed E-state index contributed by atoms with van der Waals surface area (Å²) in [7, 11) is 0. The third-order valence-corrected chi connectivity index (χ3v) is 2.91. The zero-order valence-corrected chi connectivity index (χ0v) is 10.7. The third kappa shape index (κ3) is 3.06. The van der Waals surface area contributed by atoms with Crippen LogP contribution in [-0.4, -0.2) is 10.8 Å². The van der Waals surface area contributed by atoms with E-state index in [0.29, 0.717) is 16.3 Å². The number of hydrogen-bond acceptors (Lipinski definition) is 2. The average molecular weight is 284 g/mol. The second-order valence-corrected chi connectivity index (χ2v) is 4.51. The van der Waals surface area contributed by atoms with E-state index in [1.165, 1.54) is 24.4 Å². The van der Waals surface area contributed by atoms with Crippen molar-refractivity contribution in [2.24, 2.45) is 0 Å². The minimum atomic E-state index is -0.499. The van der Waals surface area contributed by atoms with Crippen LogP contribution in [0.5, 0.6) is 0 Å². The summed E-state index contributed by atoms with van der Waals surface area (Å²) < 4.78 is 13.0. The van der Waals surface area contributed by atoms with Crippen molar-refractivity contribution >= 4 is 29.0 Å². The average Bonchev–Trinajstić information content (AvgIpc) is 2.34. The Morgan fingerprint density at radius 2 is 2.00 bits per heavy atom. The van der Waals surface area contributed by atoms with E-state index in [1.54, 1.807) is 12.1 Å². The van der Waals surface area contributed by atoms with Crippen LogP contribution in [0.15, 0.2) is 36.5 Å². The molecule has 2 nitrogen and oxygen atoms in total. The van der Waals surface area contributed by atoms with Gasteiger partial charge in [-0.1, -0.05) is 29.3 Å². The van der Waals surface area contributed by atoms with Crippen molar-refractivity contribution in [3.8, 4) is 0 Å². The first-order valence-electron chi connectivity index (χ1n) is 5.15. The summed E-state index contributed by atoms with van der Waals surface area (Å²) in [6, 6.07) is 7.36. The van der Waals surface area contributed by atoms with Gasteiger partial charge in [0.2, 0.25) is 0 Å². The molecule has 1 aromatic heterocycles. The van der Waals surface area contributed by atoms with E-state index in [-0.39, 0.29) is 17.2 Å². The topological polar surface area (TPSA) is 30.0 Å². The number of aromatic nitrogens is 1. The number of ketones is 1. The van der Waals surface area contributed by atoms with Gasteiger partial charge < -0.3 is 0 Å². The maximum Gasteiger partial charge on any atom is 0.168 e. The Morgan fingerprint density at radius 1 is 1.22 bits per heavy atom.